The molecule has 11 heteroatoms. The first-order valence-electron chi connectivity index (χ1n) is 11.8. The minimum atomic E-state index is -0.565. The van der Waals surface area contributed by atoms with Crippen LogP contribution in [0.25, 0.3) is 56.0 Å². The number of carbonyl (C=O) groups is 1. The third-order valence-electron chi connectivity index (χ3n) is 6.12. The van der Waals surface area contributed by atoms with E-state index in [-0.39, 0.29) is 34.2 Å². The van der Waals surface area contributed by atoms with Gasteiger partial charge in [0.2, 0.25) is 5.91 Å². The van der Waals surface area contributed by atoms with Gasteiger partial charge in [0, 0.05) is 41.2 Å². The largest absolute Gasteiger partial charge is 0.337 e. The lowest BCUT2D eigenvalue weighted by atomic mass is 10.1. The Morgan fingerprint density at radius 1 is 1.00 bits per heavy atom. The molecule has 0 fully saturated rings. The molecule has 3 N–H and O–H groups in total. The lowest BCUT2D eigenvalue weighted by Crippen LogP contribution is -2.17. The Morgan fingerprint density at radius 2 is 1.82 bits per heavy atom. The van der Waals surface area contributed by atoms with Crippen LogP contribution < -0.4 is 5.32 Å². The van der Waals surface area contributed by atoms with Crippen molar-refractivity contribution >= 4 is 33.7 Å². The van der Waals surface area contributed by atoms with Crippen molar-refractivity contribution in [3.8, 4) is 33.9 Å². The number of nitrogens with zero attached hydrogens (tertiary/aromatic N) is 5. The summed E-state index contributed by atoms with van der Waals surface area (Å²) in [6.07, 6.45) is 5.99. The van der Waals surface area contributed by atoms with Crippen LogP contribution in [0.2, 0.25) is 0 Å². The highest BCUT2D eigenvalue weighted by atomic mass is 19.1. The molecule has 38 heavy (non-hydrogen) atoms. The number of imidazole rings is 1. The average molecular weight is 511 g/mol. The summed E-state index contributed by atoms with van der Waals surface area (Å²) in [5, 5.41) is 9.92. The lowest BCUT2D eigenvalue weighted by molar-refractivity contribution is -0.118. The number of benzene rings is 1. The van der Waals surface area contributed by atoms with Crippen LogP contribution in [-0.4, -0.2) is 41.0 Å². The maximum absolute atomic E-state index is 16.0. The van der Waals surface area contributed by atoms with E-state index in [0.717, 1.165) is 0 Å². The minimum Gasteiger partial charge on any atom is -0.337 e. The van der Waals surface area contributed by atoms with E-state index >= 15 is 4.39 Å². The number of aromatic amines is 2. The van der Waals surface area contributed by atoms with Gasteiger partial charge in [0.1, 0.15) is 22.8 Å². The Balaban J connectivity index is 1.45. The predicted molar refractivity (Wildman–Crippen MR) is 139 cm³/mol. The number of nitrogens with one attached hydrogen (secondary N) is 3. The molecule has 0 atom stereocenters. The van der Waals surface area contributed by atoms with Gasteiger partial charge in [-0.2, -0.15) is 5.10 Å². The number of hydrogen-bond donors (Lipinski definition) is 3. The number of carbonyl (C=O) groups excluding carboxylic acids is 1. The fourth-order valence-corrected chi connectivity index (χ4v) is 4.14. The van der Waals surface area contributed by atoms with Crippen LogP contribution in [0.5, 0.6) is 0 Å². The SMILES string of the molecule is CC(C)C(=O)Nc1cncc(-c2cnc3n[nH]c(-c4nc5c(-c6ccc(F)cc6)nccc5[nH]4)c3c2F)c1. The molecule has 0 saturated heterocycles. The standard InChI is InChI=1S/C27H20F2N8O/c1-13(2)27(38)33-17-9-15(10-30-11-17)18-12-32-25-20(21(18)29)24(36-37-25)26-34-19-7-8-31-22(23(19)35-26)14-3-5-16(28)6-4-14/h3-13H,1-2H3,(H,33,38)(H,34,35)(H,32,36,37). The molecule has 0 radical (unpaired) electrons. The number of pyridine rings is 3. The Hall–Kier alpha value is -5.06. The number of fused-ring (bicyclic) bond motifs is 2. The van der Waals surface area contributed by atoms with E-state index in [1.54, 1.807) is 44.3 Å². The highest BCUT2D eigenvalue weighted by Crippen LogP contribution is 2.34. The number of anilines is 1. The average Bonchev–Trinajstić information content (AvgIpc) is 3.54. The monoisotopic (exact) mass is 510 g/mol. The molecule has 0 aliphatic heterocycles. The van der Waals surface area contributed by atoms with Crippen LogP contribution in [0.1, 0.15) is 13.8 Å². The molecule has 1 amide bonds. The summed E-state index contributed by atoms with van der Waals surface area (Å²) in [7, 11) is 0. The van der Waals surface area contributed by atoms with Gasteiger partial charge in [-0.05, 0) is 36.4 Å². The molecule has 6 aromatic rings. The van der Waals surface area contributed by atoms with Gasteiger partial charge < -0.3 is 10.3 Å². The van der Waals surface area contributed by atoms with E-state index in [9.17, 15) is 9.18 Å². The first kappa shape index (κ1) is 23.3. The summed E-state index contributed by atoms with van der Waals surface area (Å²) < 4.78 is 29.4. The number of hydrogen-bond acceptors (Lipinski definition) is 6. The van der Waals surface area contributed by atoms with Gasteiger partial charge in [-0.15, -0.1) is 0 Å². The first-order chi connectivity index (χ1) is 18.4. The van der Waals surface area contributed by atoms with Crippen molar-refractivity contribution in [3.63, 3.8) is 0 Å². The summed E-state index contributed by atoms with van der Waals surface area (Å²) in [5.41, 5.74) is 4.03. The van der Waals surface area contributed by atoms with E-state index in [1.807, 2.05) is 0 Å². The minimum absolute atomic E-state index is 0.148. The second-order valence-corrected chi connectivity index (χ2v) is 9.04. The summed E-state index contributed by atoms with van der Waals surface area (Å²) in [6, 6.07) is 9.34. The molecule has 0 aliphatic carbocycles. The van der Waals surface area contributed by atoms with Gasteiger partial charge in [0.05, 0.1) is 28.5 Å². The number of H-pyrrole nitrogens is 2. The fourth-order valence-electron chi connectivity index (χ4n) is 4.14. The van der Waals surface area contributed by atoms with Crippen LogP contribution in [0.15, 0.2) is 61.2 Å². The zero-order chi connectivity index (χ0) is 26.4. The maximum atomic E-state index is 16.0. The Labute approximate surface area is 214 Å². The van der Waals surface area contributed by atoms with Gasteiger partial charge in [0.15, 0.2) is 11.5 Å². The van der Waals surface area contributed by atoms with E-state index in [1.165, 1.54) is 30.7 Å². The van der Waals surface area contributed by atoms with E-state index in [2.05, 4.69) is 40.4 Å². The van der Waals surface area contributed by atoms with E-state index in [4.69, 9.17) is 0 Å². The lowest BCUT2D eigenvalue weighted by Gasteiger charge is -2.09. The van der Waals surface area contributed by atoms with Crippen LogP contribution in [0, 0.1) is 17.6 Å². The van der Waals surface area contributed by atoms with Crippen LogP contribution in [0.4, 0.5) is 14.5 Å². The molecule has 5 aromatic heterocycles. The van der Waals surface area contributed by atoms with Gasteiger partial charge >= 0.3 is 0 Å². The number of halogens is 2. The molecule has 1 aromatic carbocycles. The van der Waals surface area contributed by atoms with Crippen LogP contribution >= 0.6 is 0 Å². The van der Waals surface area contributed by atoms with Gasteiger partial charge in [-0.25, -0.2) is 18.7 Å². The topological polar surface area (TPSA) is 125 Å². The zero-order valence-electron chi connectivity index (χ0n) is 20.3. The van der Waals surface area contributed by atoms with E-state index in [0.29, 0.717) is 45.1 Å². The maximum Gasteiger partial charge on any atom is 0.226 e. The quantitative estimate of drug-likeness (QED) is 0.281. The second-order valence-electron chi connectivity index (χ2n) is 9.04. The highest BCUT2D eigenvalue weighted by molar-refractivity contribution is 5.97. The molecule has 188 valence electrons. The van der Waals surface area contributed by atoms with Crippen molar-refractivity contribution in [1.29, 1.82) is 0 Å². The van der Waals surface area contributed by atoms with Gasteiger partial charge in [0.25, 0.3) is 0 Å². The molecule has 0 spiro atoms. The molecule has 0 unspecified atom stereocenters. The first-order valence-corrected chi connectivity index (χ1v) is 11.8. The smallest absolute Gasteiger partial charge is 0.226 e. The summed E-state index contributed by atoms with van der Waals surface area (Å²) >= 11 is 0. The molecule has 9 nitrogen and oxygen atoms in total. The van der Waals surface area contributed by atoms with Gasteiger partial charge in [-0.1, -0.05) is 13.8 Å². The molecular formula is C27H20F2N8O. The highest BCUT2D eigenvalue weighted by Gasteiger charge is 2.21. The summed E-state index contributed by atoms with van der Waals surface area (Å²) in [4.78, 5) is 32.9. The Morgan fingerprint density at radius 3 is 2.61 bits per heavy atom. The summed E-state index contributed by atoms with van der Waals surface area (Å²) in [6.45, 7) is 3.56. The number of rotatable bonds is 5. The van der Waals surface area contributed by atoms with Crippen LogP contribution in [0.3, 0.4) is 0 Å². The second kappa shape index (κ2) is 9.11. The third-order valence-corrected chi connectivity index (χ3v) is 6.12. The molecular weight excluding hydrogens is 490 g/mol. The van der Waals surface area contributed by atoms with Crippen molar-refractivity contribution in [2.45, 2.75) is 13.8 Å². The van der Waals surface area contributed by atoms with Crippen molar-refractivity contribution < 1.29 is 13.6 Å². The normalized spacial score (nSPS) is 11.5. The summed E-state index contributed by atoms with van der Waals surface area (Å²) in [5.74, 6) is -0.966. The number of amides is 1. The third kappa shape index (κ3) is 4.03. The predicted octanol–water partition coefficient (Wildman–Crippen LogP) is 5.50. The Bertz CT molecular complexity index is 1830. The van der Waals surface area contributed by atoms with Crippen molar-refractivity contribution in [2.75, 3.05) is 5.32 Å². The van der Waals surface area contributed by atoms with Gasteiger partial charge in [-0.3, -0.25) is 19.9 Å². The van der Waals surface area contributed by atoms with Crippen molar-refractivity contribution in [2.24, 2.45) is 5.92 Å². The fraction of sp³-hybridized carbons (Fsp3) is 0.111. The van der Waals surface area contributed by atoms with Crippen LogP contribution in [-0.2, 0) is 4.79 Å². The van der Waals surface area contributed by atoms with Crippen molar-refractivity contribution in [1.82, 2.24) is 35.1 Å². The van der Waals surface area contributed by atoms with E-state index < -0.39 is 5.82 Å². The molecule has 5 heterocycles. The Kier molecular flexibility index (Phi) is 5.60. The van der Waals surface area contributed by atoms with Crippen molar-refractivity contribution in [3.05, 3.63) is 72.8 Å². The number of aromatic nitrogens is 7. The zero-order valence-corrected chi connectivity index (χ0v) is 20.3. The molecule has 0 bridgehead atoms. The molecule has 6 rings (SSSR count). The molecule has 0 aliphatic rings. The molecule has 0 saturated carbocycles.